The maximum Gasteiger partial charge on any atom is 0.264 e. The summed E-state index contributed by atoms with van der Waals surface area (Å²) in [5.41, 5.74) is 1.50. The molecule has 2 aromatic rings. The van der Waals surface area contributed by atoms with E-state index in [-0.39, 0.29) is 42.2 Å². The highest BCUT2D eigenvalue weighted by Gasteiger charge is 2.49. The van der Waals surface area contributed by atoms with Crippen molar-refractivity contribution in [1.29, 1.82) is 0 Å². The molecule has 12 heteroatoms. The van der Waals surface area contributed by atoms with Crippen LogP contribution in [0.5, 0.6) is 0 Å². The van der Waals surface area contributed by atoms with Gasteiger partial charge in [-0.2, -0.15) is 0 Å². The molecule has 3 aliphatic heterocycles. The van der Waals surface area contributed by atoms with E-state index in [0.29, 0.717) is 5.41 Å². The monoisotopic (exact) mass is 477 g/mol. The minimum Gasteiger partial charge on any atom is -0.324 e. The first-order valence-electron chi connectivity index (χ1n) is 11.6. The van der Waals surface area contributed by atoms with Crippen LogP contribution >= 0.6 is 0 Å². The van der Waals surface area contributed by atoms with Crippen molar-refractivity contribution in [3.8, 4) is 0 Å². The number of hydrogen-bond acceptors (Lipinski definition) is 8. The highest BCUT2D eigenvalue weighted by atomic mass is 16.2. The van der Waals surface area contributed by atoms with Gasteiger partial charge in [0.05, 0.1) is 34.7 Å². The summed E-state index contributed by atoms with van der Waals surface area (Å²) in [6, 6.07) is 3.62. The van der Waals surface area contributed by atoms with Gasteiger partial charge in [-0.25, -0.2) is 4.68 Å². The van der Waals surface area contributed by atoms with Crippen molar-refractivity contribution in [2.24, 2.45) is 5.41 Å². The summed E-state index contributed by atoms with van der Waals surface area (Å²) in [5, 5.41) is 16.6. The highest BCUT2D eigenvalue weighted by molar-refractivity contribution is 6.26. The van der Waals surface area contributed by atoms with Crippen LogP contribution < -0.4 is 16.0 Å². The van der Waals surface area contributed by atoms with Gasteiger partial charge in [-0.3, -0.25) is 34.2 Å². The molecule has 1 aromatic carbocycles. The van der Waals surface area contributed by atoms with Gasteiger partial charge in [-0.1, -0.05) is 11.3 Å². The van der Waals surface area contributed by atoms with Gasteiger partial charge in [0.15, 0.2) is 0 Å². The van der Waals surface area contributed by atoms with Crippen LogP contribution in [0.1, 0.15) is 64.6 Å². The van der Waals surface area contributed by atoms with Gasteiger partial charge < -0.3 is 10.6 Å². The lowest BCUT2D eigenvalue weighted by molar-refractivity contribution is -0.136. The number of carbonyl (C=O) groups excluding carboxylic acids is 5. The Hall–Kier alpha value is -3.93. The lowest BCUT2D eigenvalue weighted by Gasteiger charge is -2.27. The van der Waals surface area contributed by atoms with Crippen molar-refractivity contribution >= 4 is 35.2 Å². The molecule has 1 aliphatic carbocycles. The Labute approximate surface area is 199 Å². The molecule has 1 spiro atoms. The van der Waals surface area contributed by atoms with Gasteiger partial charge >= 0.3 is 0 Å². The van der Waals surface area contributed by atoms with Crippen LogP contribution in [0.3, 0.4) is 0 Å². The van der Waals surface area contributed by atoms with Gasteiger partial charge in [0.1, 0.15) is 12.6 Å². The molecular formula is C23H23N7O5. The fourth-order valence-corrected chi connectivity index (χ4v) is 5.19. The predicted octanol–water partition coefficient (Wildman–Crippen LogP) is 0.133. The summed E-state index contributed by atoms with van der Waals surface area (Å²) in [6.07, 6.45) is 5.32. The molecule has 0 bridgehead atoms. The van der Waals surface area contributed by atoms with Crippen LogP contribution in [-0.4, -0.2) is 62.0 Å². The summed E-state index contributed by atoms with van der Waals surface area (Å²) in [7, 11) is 0. The largest absolute Gasteiger partial charge is 0.324 e. The molecule has 2 unspecified atom stereocenters. The molecule has 12 nitrogen and oxygen atoms in total. The van der Waals surface area contributed by atoms with Crippen LogP contribution in [0.25, 0.3) is 0 Å². The first-order chi connectivity index (χ1) is 16.8. The maximum atomic E-state index is 13.2. The zero-order chi connectivity index (χ0) is 24.3. The average molecular weight is 477 g/mol. The summed E-state index contributed by atoms with van der Waals surface area (Å²) in [5.74, 6) is -2.88. The topological polar surface area (TPSA) is 155 Å². The summed E-state index contributed by atoms with van der Waals surface area (Å²) >= 11 is 0. The number of piperidine rings is 1. The van der Waals surface area contributed by atoms with E-state index < -0.39 is 35.6 Å². The van der Waals surface area contributed by atoms with E-state index in [1.807, 2.05) is 0 Å². The number of hydrogen-bond donors (Lipinski definition) is 3. The Bertz CT molecular complexity index is 1300. The molecule has 2 atom stereocenters. The van der Waals surface area contributed by atoms with Crippen molar-refractivity contribution in [3.63, 3.8) is 0 Å². The summed E-state index contributed by atoms with van der Waals surface area (Å²) < 4.78 is 1.44. The smallest absolute Gasteiger partial charge is 0.264 e. The normalized spacial score (nSPS) is 24.6. The van der Waals surface area contributed by atoms with Crippen LogP contribution in [-0.2, 0) is 20.9 Å². The van der Waals surface area contributed by atoms with E-state index >= 15 is 0 Å². The minimum atomic E-state index is -1.07. The second-order valence-electron chi connectivity index (χ2n) is 9.70. The Balaban J connectivity index is 1.16. The lowest BCUT2D eigenvalue weighted by Crippen LogP contribution is -2.54. The molecule has 4 aliphatic rings. The van der Waals surface area contributed by atoms with Gasteiger partial charge in [-0.15, -0.1) is 5.10 Å². The SMILES string of the molecule is O=C1CCC(N2C(=O)c3cccc(NC(=O)Cn4cc(C5CC6(CC6)CN5)nn4)c3C2=O)C(=O)N1. The first kappa shape index (κ1) is 21.6. The van der Waals surface area contributed by atoms with Gasteiger partial charge in [0.2, 0.25) is 17.7 Å². The molecule has 35 heavy (non-hydrogen) atoms. The van der Waals surface area contributed by atoms with E-state index in [1.54, 1.807) is 12.3 Å². The molecule has 180 valence electrons. The average Bonchev–Trinajstić information content (AvgIpc) is 3.11. The molecule has 1 saturated carbocycles. The van der Waals surface area contributed by atoms with Crippen LogP contribution in [0.2, 0.25) is 0 Å². The predicted molar refractivity (Wildman–Crippen MR) is 119 cm³/mol. The van der Waals surface area contributed by atoms with Crippen molar-refractivity contribution in [1.82, 2.24) is 30.5 Å². The number of aromatic nitrogens is 3. The fourth-order valence-electron chi connectivity index (χ4n) is 5.19. The highest BCUT2D eigenvalue weighted by Crippen LogP contribution is 2.54. The van der Waals surface area contributed by atoms with E-state index in [2.05, 4.69) is 26.3 Å². The number of imide groups is 2. The molecule has 3 fully saturated rings. The number of amides is 5. The minimum absolute atomic E-state index is 0.0275. The third-order valence-corrected chi connectivity index (χ3v) is 7.28. The van der Waals surface area contributed by atoms with Crippen molar-refractivity contribution in [3.05, 3.63) is 41.2 Å². The molecular weight excluding hydrogens is 454 g/mol. The van der Waals surface area contributed by atoms with E-state index in [4.69, 9.17) is 0 Å². The number of fused-ring (bicyclic) bond motifs is 1. The van der Waals surface area contributed by atoms with E-state index in [1.165, 1.54) is 29.7 Å². The molecule has 1 aromatic heterocycles. The fraction of sp³-hybridized carbons (Fsp3) is 0.435. The van der Waals surface area contributed by atoms with Crippen LogP contribution in [0.4, 0.5) is 5.69 Å². The molecule has 4 heterocycles. The van der Waals surface area contributed by atoms with Gasteiger partial charge in [0.25, 0.3) is 11.8 Å². The maximum absolute atomic E-state index is 13.2. The third-order valence-electron chi connectivity index (χ3n) is 7.28. The molecule has 6 rings (SSSR count). The zero-order valence-corrected chi connectivity index (χ0v) is 18.7. The Morgan fingerprint density at radius 2 is 2.00 bits per heavy atom. The first-order valence-corrected chi connectivity index (χ1v) is 11.6. The number of carbonyl (C=O) groups is 5. The molecule has 3 N–H and O–H groups in total. The van der Waals surface area contributed by atoms with Gasteiger partial charge in [-0.05, 0) is 43.2 Å². The number of anilines is 1. The third kappa shape index (κ3) is 3.70. The van der Waals surface area contributed by atoms with E-state index in [9.17, 15) is 24.0 Å². The van der Waals surface area contributed by atoms with Crippen LogP contribution in [0.15, 0.2) is 24.4 Å². The summed E-state index contributed by atoms with van der Waals surface area (Å²) in [6.45, 7) is 0.861. The molecule has 2 saturated heterocycles. The van der Waals surface area contributed by atoms with Crippen molar-refractivity contribution < 1.29 is 24.0 Å². The number of nitrogens with zero attached hydrogens (tertiary/aromatic N) is 4. The number of benzene rings is 1. The second kappa shape index (κ2) is 7.80. The van der Waals surface area contributed by atoms with Crippen LogP contribution in [0, 0.1) is 5.41 Å². The van der Waals surface area contributed by atoms with Crippen molar-refractivity contribution in [2.45, 2.75) is 50.7 Å². The summed E-state index contributed by atoms with van der Waals surface area (Å²) in [4.78, 5) is 63.5. The zero-order valence-electron chi connectivity index (χ0n) is 18.7. The second-order valence-corrected chi connectivity index (χ2v) is 9.70. The quantitative estimate of drug-likeness (QED) is 0.514. The Morgan fingerprint density at radius 3 is 2.74 bits per heavy atom. The van der Waals surface area contributed by atoms with E-state index in [0.717, 1.165) is 23.6 Å². The molecule has 0 radical (unpaired) electrons. The Kier molecular flexibility index (Phi) is 4.81. The Morgan fingerprint density at radius 1 is 1.17 bits per heavy atom. The standard InChI is InChI=1S/C23H23N7O5/c31-17-5-4-16(20(33)26-17)30-21(34)12-2-1-3-13(19(12)22(30)35)25-18(32)10-29-9-15(27-28-29)14-8-23(6-7-23)11-24-14/h1-3,9,14,16,24H,4-8,10-11H2,(H,25,32)(H,26,31,33). The van der Waals surface area contributed by atoms with Gasteiger partial charge in [0, 0.05) is 13.0 Å². The lowest BCUT2D eigenvalue weighted by atomic mass is 10.0. The number of nitrogens with one attached hydrogen (secondary N) is 3. The van der Waals surface area contributed by atoms with Crippen molar-refractivity contribution in [2.75, 3.05) is 11.9 Å². The number of rotatable bonds is 5. The molecule has 5 amide bonds.